The van der Waals surface area contributed by atoms with Crippen molar-refractivity contribution in [2.75, 3.05) is 18.4 Å². The van der Waals surface area contributed by atoms with Crippen molar-refractivity contribution in [1.82, 2.24) is 5.32 Å². The van der Waals surface area contributed by atoms with E-state index in [9.17, 15) is 26.0 Å². The van der Waals surface area contributed by atoms with Crippen LogP contribution in [0.3, 0.4) is 0 Å². The van der Waals surface area contributed by atoms with Crippen molar-refractivity contribution in [1.29, 1.82) is 0 Å². The summed E-state index contributed by atoms with van der Waals surface area (Å²) in [6.45, 7) is 1.08. The molecule has 1 aromatic rings. The smallest absolute Gasteiger partial charge is 0.382 e. The van der Waals surface area contributed by atoms with E-state index in [0.29, 0.717) is 6.07 Å². The van der Waals surface area contributed by atoms with Crippen molar-refractivity contribution in [2.24, 2.45) is 0 Å². The first kappa shape index (κ1) is 16.0. The molecule has 0 amide bonds. The molecule has 1 fully saturated rings. The maximum Gasteiger partial charge on any atom is 0.501 e. The first-order valence-electron chi connectivity index (χ1n) is 6.30. The molecule has 0 saturated carbocycles. The van der Waals surface area contributed by atoms with Gasteiger partial charge in [0.25, 0.3) is 9.84 Å². The van der Waals surface area contributed by atoms with Crippen molar-refractivity contribution in [2.45, 2.75) is 29.3 Å². The lowest BCUT2D eigenvalue weighted by Gasteiger charge is -2.17. The Hall–Kier alpha value is -1.35. The molecule has 1 aliphatic heterocycles. The lowest BCUT2D eigenvalue weighted by atomic mass is 10.2. The summed E-state index contributed by atoms with van der Waals surface area (Å²) in [7, 11) is -5.60. The molecule has 9 heteroatoms. The third kappa shape index (κ3) is 3.46. The van der Waals surface area contributed by atoms with Crippen molar-refractivity contribution in [3.05, 3.63) is 24.0 Å². The van der Waals surface area contributed by atoms with Gasteiger partial charge in [-0.1, -0.05) is 0 Å². The van der Waals surface area contributed by atoms with Crippen LogP contribution in [0.2, 0.25) is 0 Å². The first-order valence-corrected chi connectivity index (χ1v) is 7.78. The topological polar surface area (TPSA) is 58.2 Å². The van der Waals surface area contributed by atoms with Gasteiger partial charge in [-0.15, -0.1) is 0 Å². The van der Waals surface area contributed by atoms with Crippen LogP contribution in [0.4, 0.5) is 23.2 Å². The summed E-state index contributed by atoms with van der Waals surface area (Å²) >= 11 is 0. The number of rotatable bonds is 4. The number of hydrogen-bond acceptors (Lipinski definition) is 4. The highest BCUT2D eigenvalue weighted by atomic mass is 32.2. The van der Waals surface area contributed by atoms with Crippen molar-refractivity contribution >= 4 is 15.5 Å². The van der Waals surface area contributed by atoms with Crippen LogP contribution in [0.15, 0.2) is 23.1 Å². The summed E-state index contributed by atoms with van der Waals surface area (Å²) in [4.78, 5) is -1.09. The van der Waals surface area contributed by atoms with E-state index in [1.165, 1.54) is 0 Å². The molecule has 0 radical (unpaired) electrons. The fraction of sp³-hybridized carbons (Fsp3) is 0.500. The minimum atomic E-state index is -5.60. The zero-order chi connectivity index (χ0) is 15.7. The minimum absolute atomic E-state index is 0.0523. The first-order chi connectivity index (χ1) is 9.72. The van der Waals surface area contributed by atoms with E-state index < -0.39 is 26.1 Å². The van der Waals surface area contributed by atoms with Gasteiger partial charge in [-0.05, 0) is 37.6 Å². The molecule has 0 bridgehead atoms. The quantitative estimate of drug-likeness (QED) is 0.834. The number of anilines is 1. The predicted octanol–water partition coefficient (Wildman–Crippen LogP) is 2.28. The van der Waals surface area contributed by atoms with Gasteiger partial charge in [0.05, 0.1) is 5.69 Å². The highest BCUT2D eigenvalue weighted by Gasteiger charge is 2.48. The molecule has 2 rings (SSSR count). The number of sulfone groups is 1. The summed E-state index contributed by atoms with van der Waals surface area (Å²) < 4.78 is 74.0. The molecule has 1 unspecified atom stereocenters. The molecule has 4 nitrogen and oxygen atoms in total. The van der Waals surface area contributed by atoms with Crippen LogP contribution in [-0.4, -0.2) is 33.1 Å². The Balaban J connectivity index is 2.29. The molecular formula is C12H14F4N2O2S. The second-order valence-electron chi connectivity index (χ2n) is 4.76. The molecule has 1 aromatic carbocycles. The van der Waals surface area contributed by atoms with E-state index >= 15 is 0 Å². The maximum atomic E-state index is 13.1. The Kier molecular flexibility index (Phi) is 4.43. The molecule has 0 aromatic heterocycles. The summed E-state index contributed by atoms with van der Waals surface area (Å²) in [6.07, 6.45) is 1.79. The van der Waals surface area contributed by atoms with E-state index in [2.05, 4.69) is 10.6 Å². The van der Waals surface area contributed by atoms with E-state index in [1.54, 1.807) is 0 Å². The Morgan fingerprint density at radius 1 is 1.33 bits per heavy atom. The fourth-order valence-electron chi connectivity index (χ4n) is 2.15. The van der Waals surface area contributed by atoms with Crippen LogP contribution in [0.5, 0.6) is 0 Å². The zero-order valence-electron chi connectivity index (χ0n) is 10.9. The number of benzene rings is 1. The van der Waals surface area contributed by atoms with Crippen LogP contribution in [0, 0.1) is 5.82 Å². The van der Waals surface area contributed by atoms with Crippen molar-refractivity contribution in [3.63, 3.8) is 0 Å². The molecule has 0 aliphatic carbocycles. The molecular weight excluding hydrogens is 312 g/mol. The standard InChI is InChI=1S/C12H14F4N2O2S/c13-8-3-4-10(18-7-9-2-1-5-17-9)11(6-8)21(19,20)12(14,15)16/h3-4,6,9,17-18H,1-2,5,7H2. The largest absolute Gasteiger partial charge is 0.501 e. The normalized spacial score (nSPS) is 19.7. The van der Waals surface area contributed by atoms with Gasteiger partial charge in [-0.25, -0.2) is 12.8 Å². The van der Waals surface area contributed by atoms with E-state index in [-0.39, 0.29) is 18.3 Å². The third-order valence-corrected chi connectivity index (χ3v) is 4.77. The van der Waals surface area contributed by atoms with Gasteiger partial charge in [0.1, 0.15) is 10.7 Å². The second kappa shape index (κ2) is 5.80. The Bertz CT molecular complexity index is 610. The average Bonchev–Trinajstić information content (AvgIpc) is 2.89. The van der Waals surface area contributed by atoms with E-state index in [0.717, 1.165) is 31.5 Å². The lowest BCUT2D eigenvalue weighted by Crippen LogP contribution is -2.30. The summed E-state index contributed by atoms with van der Waals surface area (Å²) in [5, 5.41) is 5.77. The van der Waals surface area contributed by atoms with Gasteiger partial charge in [0, 0.05) is 12.6 Å². The van der Waals surface area contributed by atoms with Crippen LogP contribution < -0.4 is 10.6 Å². The molecule has 1 heterocycles. The van der Waals surface area contributed by atoms with Gasteiger partial charge in [-0.2, -0.15) is 13.2 Å². The predicted molar refractivity (Wildman–Crippen MR) is 69.2 cm³/mol. The Morgan fingerprint density at radius 3 is 2.62 bits per heavy atom. The van der Waals surface area contributed by atoms with Gasteiger partial charge < -0.3 is 10.6 Å². The fourth-order valence-corrected chi connectivity index (χ4v) is 3.10. The molecule has 1 saturated heterocycles. The molecule has 2 N–H and O–H groups in total. The van der Waals surface area contributed by atoms with Gasteiger partial charge >= 0.3 is 5.51 Å². The summed E-state index contributed by atoms with van der Waals surface area (Å²) in [5.74, 6) is -1.04. The van der Waals surface area contributed by atoms with Crippen LogP contribution in [-0.2, 0) is 9.84 Å². The molecule has 1 atom stereocenters. The van der Waals surface area contributed by atoms with Gasteiger partial charge in [0.2, 0.25) is 0 Å². The van der Waals surface area contributed by atoms with Gasteiger partial charge in [-0.3, -0.25) is 0 Å². The monoisotopic (exact) mass is 326 g/mol. The second-order valence-corrected chi connectivity index (χ2v) is 6.67. The average molecular weight is 326 g/mol. The van der Waals surface area contributed by atoms with E-state index in [4.69, 9.17) is 0 Å². The lowest BCUT2D eigenvalue weighted by molar-refractivity contribution is -0.0435. The number of alkyl halides is 3. The molecule has 21 heavy (non-hydrogen) atoms. The number of halogens is 4. The van der Waals surface area contributed by atoms with Crippen LogP contribution in [0.25, 0.3) is 0 Å². The van der Waals surface area contributed by atoms with Crippen LogP contribution in [0.1, 0.15) is 12.8 Å². The van der Waals surface area contributed by atoms with Gasteiger partial charge in [0.15, 0.2) is 0 Å². The number of hydrogen-bond donors (Lipinski definition) is 2. The highest BCUT2D eigenvalue weighted by Crippen LogP contribution is 2.34. The summed E-state index contributed by atoms with van der Waals surface area (Å²) in [5.41, 5.74) is -5.72. The van der Waals surface area contributed by atoms with E-state index in [1.807, 2.05) is 0 Å². The SMILES string of the molecule is O=S(=O)(c1cc(F)ccc1NCC1CCCN1)C(F)(F)F. The minimum Gasteiger partial charge on any atom is -0.382 e. The Labute approximate surface area is 119 Å². The molecule has 0 spiro atoms. The highest BCUT2D eigenvalue weighted by molar-refractivity contribution is 7.92. The van der Waals surface area contributed by atoms with Crippen molar-refractivity contribution in [3.8, 4) is 0 Å². The third-order valence-electron chi connectivity index (χ3n) is 3.24. The molecule has 1 aliphatic rings. The molecule has 118 valence electrons. The number of nitrogens with one attached hydrogen (secondary N) is 2. The van der Waals surface area contributed by atoms with Crippen LogP contribution >= 0.6 is 0 Å². The summed E-state index contributed by atoms with van der Waals surface area (Å²) in [6, 6.07) is 2.35. The maximum absolute atomic E-state index is 13.1. The Morgan fingerprint density at radius 2 is 2.05 bits per heavy atom. The van der Waals surface area contributed by atoms with Crippen molar-refractivity contribution < 1.29 is 26.0 Å². The zero-order valence-corrected chi connectivity index (χ0v) is 11.7.